The maximum Gasteiger partial charge on any atom is 0.0947 e. The van der Waals surface area contributed by atoms with Gasteiger partial charge in [0.1, 0.15) is 0 Å². The van der Waals surface area contributed by atoms with Crippen LogP contribution >= 0.6 is 0 Å². The first-order valence-electron chi connectivity index (χ1n) is 6.74. The van der Waals surface area contributed by atoms with Crippen molar-refractivity contribution in [1.82, 2.24) is 10.2 Å². The van der Waals surface area contributed by atoms with Gasteiger partial charge in [-0.2, -0.15) is 0 Å². The van der Waals surface area contributed by atoms with Crippen LogP contribution in [0.25, 0.3) is 0 Å². The smallest absolute Gasteiger partial charge is 0.0947 e. The lowest BCUT2D eigenvalue weighted by atomic mass is 10.1. The Labute approximate surface area is 104 Å². The topological polar surface area (TPSA) is 28.4 Å². The molecular weight excluding hydrogens is 212 g/mol. The molecule has 0 spiro atoms. The van der Waals surface area contributed by atoms with E-state index in [0.717, 1.165) is 6.54 Å². The van der Waals surface area contributed by atoms with Gasteiger partial charge in [-0.05, 0) is 52.3 Å². The van der Waals surface area contributed by atoms with Gasteiger partial charge in [-0.3, -0.25) is 0 Å². The second-order valence-corrected chi connectivity index (χ2v) is 5.27. The van der Waals surface area contributed by atoms with Crippen molar-refractivity contribution in [1.29, 1.82) is 0 Å². The Morgan fingerprint density at radius 3 is 3.00 bits per heavy atom. The van der Waals surface area contributed by atoms with Gasteiger partial charge in [0.15, 0.2) is 0 Å². The summed E-state index contributed by atoms with van der Waals surface area (Å²) in [4.78, 5) is 2.58. The van der Waals surface area contributed by atoms with Crippen molar-refractivity contribution in [3.05, 3.63) is 24.2 Å². The third kappa shape index (κ3) is 3.86. The van der Waals surface area contributed by atoms with E-state index in [1.165, 1.54) is 37.9 Å². The van der Waals surface area contributed by atoms with Crippen LogP contribution in [0.1, 0.15) is 38.7 Å². The van der Waals surface area contributed by atoms with Crippen molar-refractivity contribution >= 4 is 0 Å². The van der Waals surface area contributed by atoms with Crippen molar-refractivity contribution in [3.63, 3.8) is 0 Å². The molecule has 0 bridgehead atoms. The highest BCUT2D eigenvalue weighted by Gasteiger charge is 2.18. The van der Waals surface area contributed by atoms with E-state index >= 15 is 0 Å². The van der Waals surface area contributed by atoms with E-state index < -0.39 is 0 Å². The molecule has 0 aliphatic carbocycles. The van der Waals surface area contributed by atoms with Gasteiger partial charge >= 0.3 is 0 Å². The molecule has 0 amide bonds. The maximum absolute atomic E-state index is 5.08. The molecule has 2 heterocycles. The van der Waals surface area contributed by atoms with Gasteiger partial charge < -0.3 is 14.6 Å². The zero-order valence-electron chi connectivity index (χ0n) is 11.0. The molecule has 0 aromatic carbocycles. The minimum atomic E-state index is 0.661. The Kier molecular flexibility index (Phi) is 4.63. The number of hydrogen-bond donors (Lipinski definition) is 1. The van der Waals surface area contributed by atoms with E-state index in [-0.39, 0.29) is 0 Å². The Hall–Kier alpha value is -0.800. The predicted octanol–water partition coefficient (Wildman–Crippen LogP) is 2.63. The molecule has 3 nitrogen and oxygen atoms in total. The molecule has 1 aliphatic rings. The number of rotatable bonds is 4. The largest absolute Gasteiger partial charge is 0.472 e. The molecule has 0 radical (unpaired) electrons. The standard InChI is InChI=1S/C14H24N2O/c1-12(2)16-7-3-4-14(5-8-16)15-10-13-6-9-17-11-13/h6,9,11-12,14-15H,3-5,7-8,10H2,1-2H3. The summed E-state index contributed by atoms with van der Waals surface area (Å²) in [5, 5.41) is 3.64. The zero-order chi connectivity index (χ0) is 12.1. The summed E-state index contributed by atoms with van der Waals surface area (Å²) in [5.74, 6) is 0. The SMILES string of the molecule is CC(C)N1CCCC(NCc2ccoc2)CC1. The lowest BCUT2D eigenvalue weighted by Gasteiger charge is -2.24. The highest BCUT2D eigenvalue weighted by Crippen LogP contribution is 2.14. The van der Waals surface area contributed by atoms with Gasteiger partial charge in [0.25, 0.3) is 0 Å². The molecule has 96 valence electrons. The Morgan fingerprint density at radius 1 is 1.41 bits per heavy atom. The second kappa shape index (κ2) is 6.22. The van der Waals surface area contributed by atoms with E-state index in [4.69, 9.17) is 4.42 Å². The predicted molar refractivity (Wildman–Crippen MR) is 69.9 cm³/mol. The number of likely N-dealkylation sites (tertiary alicyclic amines) is 1. The van der Waals surface area contributed by atoms with Gasteiger partial charge in [0.2, 0.25) is 0 Å². The Morgan fingerprint density at radius 2 is 2.29 bits per heavy atom. The average Bonchev–Trinajstić information content (AvgIpc) is 2.70. The molecule has 1 unspecified atom stereocenters. The van der Waals surface area contributed by atoms with E-state index in [1.54, 1.807) is 6.26 Å². The van der Waals surface area contributed by atoms with Crippen LogP contribution in [0.2, 0.25) is 0 Å². The molecule has 1 aliphatic heterocycles. The molecule has 3 heteroatoms. The summed E-state index contributed by atoms with van der Waals surface area (Å²) in [7, 11) is 0. The van der Waals surface area contributed by atoms with E-state index in [0.29, 0.717) is 12.1 Å². The summed E-state index contributed by atoms with van der Waals surface area (Å²) in [5.41, 5.74) is 1.25. The fourth-order valence-electron chi connectivity index (χ4n) is 2.49. The highest BCUT2D eigenvalue weighted by molar-refractivity contribution is 5.04. The van der Waals surface area contributed by atoms with E-state index in [9.17, 15) is 0 Å². The highest BCUT2D eigenvalue weighted by atomic mass is 16.3. The number of nitrogens with zero attached hydrogens (tertiary/aromatic N) is 1. The summed E-state index contributed by atoms with van der Waals surface area (Å²) in [6, 6.07) is 3.38. The van der Waals surface area contributed by atoms with E-state index in [2.05, 4.69) is 24.1 Å². The van der Waals surface area contributed by atoms with Crippen molar-refractivity contribution in [2.75, 3.05) is 13.1 Å². The molecule has 1 aromatic heterocycles. The summed E-state index contributed by atoms with van der Waals surface area (Å²) in [6.07, 6.45) is 7.42. The lowest BCUT2D eigenvalue weighted by molar-refractivity contribution is 0.229. The fourth-order valence-corrected chi connectivity index (χ4v) is 2.49. The molecule has 0 saturated carbocycles. The van der Waals surface area contributed by atoms with Crippen LogP contribution in [0.15, 0.2) is 23.0 Å². The van der Waals surface area contributed by atoms with Gasteiger partial charge in [-0.25, -0.2) is 0 Å². The number of nitrogens with one attached hydrogen (secondary N) is 1. The Balaban J connectivity index is 1.75. The Bertz CT molecular complexity index is 308. The van der Waals surface area contributed by atoms with Crippen LogP contribution < -0.4 is 5.32 Å². The fraction of sp³-hybridized carbons (Fsp3) is 0.714. The third-order valence-electron chi connectivity index (χ3n) is 3.67. The summed E-state index contributed by atoms with van der Waals surface area (Å²) < 4.78 is 5.08. The van der Waals surface area contributed by atoms with Crippen molar-refractivity contribution < 1.29 is 4.42 Å². The molecule has 1 atom stereocenters. The molecule has 1 fully saturated rings. The van der Waals surface area contributed by atoms with Crippen molar-refractivity contribution in [2.24, 2.45) is 0 Å². The second-order valence-electron chi connectivity index (χ2n) is 5.27. The number of furan rings is 1. The van der Waals surface area contributed by atoms with Crippen molar-refractivity contribution in [2.45, 2.75) is 51.7 Å². The zero-order valence-corrected chi connectivity index (χ0v) is 11.0. The average molecular weight is 236 g/mol. The van der Waals surface area contributed by atoms with Crippen LogP contribution in [-0.2, 0) is 6.54 Å². The van der Waals surface area contributed by atoms with Gasteiger partial charge in [-0.1, -0.05) is 0 Å². The quantitative estimate of drug-likeness (QED) is 0.871. The minimum absolute atomic E-state index is 0.661. The maximum atomic E-state index is 5.08. The molecule has 1 saturated heterocycles. The van der Waals surface area contributed by atoms with Crippen molar-refractivity contribution in [3.8, 4) is 0 Å². The minimum Gasteiger partial charge on any atom is -0.472 e. The van der Waals surface area contributed by atoms with Gasteiger partial charge in [0.05, 0.1) is 12.5 Å². The first kappa shape index (κ1) is 12.7. The summed E-state index contributed by atoms with van der Waals surface area (Å²) >= 11 is 0. The molecule has 17 heavy (non-hydrogen) atoms. The van der Waals surface area contributed by atoms with Gasteiger partial charge in [-0.15, -0.1) is 0 Å². The van der Waals surface area contributed by atoms with Crippen LogP contribution in [0.4, 0.5) is 0 Å². The molecule has 1 aromatic rings. The van der Waals surface area contributed by atoms with Crippen LogP contribution in [-0.4, -0.2) is 30.1 Å². The van der Waals surface area contributed by atoms with Crippen LogP contribution in [0.5, 0.6) is 0 Å². The van der Waals surface area contributed by atoms with Crippen LogP contribution in [0.3, 0.4) is 0 Å². The molecule has 1 N–H and O–H groups in total. The normalized spacial score (nSPS) is 22.9. The molecule has 2 rings (SSSR count). The van der Waals surface area contributed by atoms with Gasteiger partial charge in [0, 0.05) is 24.2 Å². The lowest BCUT2D eigenvalue weighted by Crippen LogP contribution is -2.33. The number of hydrogen-bond acceptors (Lipinski definition) is 3. The third-order valence-corrected chi connectivity index (χ3v) is 3.67. The van der Waals surface area contributed by atoms with Crippen LogP contribution in [0, 0.1) is 0 Å². The first-order chi connectivity index (χ1) is 8.25. The van der Waals surface area contributed by atoms with E-state index in [1.807, 2.05) is 12.3 Å². The molecular formula is C14H24N2O. The monoisotopic (exact) mass is 236 g/mol. The first-order valence-corrected chi connectivity index (χ1v) is 6.74. The summed E-state index contributed by atoms with van der Waals surface area (Å²) in [6.45, 7) is 7.99.